The number of rotatable bonds is 4. The Morgan fingerprint density at radius 2 is 2.00 bits per heavy atom. The van der Waals surface area contributed by atoms with Gasteiger partial charge in [-0.05, 0) is 37.0 Å². The smallest absolute Gasteiger partial charge is 0.257 e. The number of hydrogen-bond acceptors (Lipinski definition) is 5. The second-order valence-electron chi connectivity index (χ2n) is 6.76. The highest BCUT2D eigenvalue weighted by Crippen LogP contribution is 2.43. The van der Waals surface area contributed by atoms with Crippen LogP contribution in [0.2, 0.25) is 0 Å². The third-order valence-electron chi connectivity index (χ3n) is 4.88. The zero-order valence-corrected chi connectivity index (χ0v) is 15.8. The molecule has 0 bridgehead atoms. The van der Waals surface area contributed by atoms with Gasteiger partial charge < -0.3 is 10.3 Å². The monoisotopic (exact) mass is 385 g/mol. The Labute approximate surface area is 160 Å². The Bertz CT molecular complexity index is 982. The zero-order valence-electron chi connectivity index (χ0n) is 15.0. The molecule has 0 saturated heterocycles. The summed E-state index contributed by atoms with van der Waals surface area (Å²) < 4.78 is 13.4. The second-order valence-corrected chi connectivity index (χ2v) is 7.84. The number of nitrogens with one attached hydrogen (secondary N) is 2. The van der Waals surface area contributed by atoms with Crippen molar-refractivity contribution in [1.82, 2.24) is 9.97 Å². The van der Waals surface area contributed by atoms with E-state index in [2.05, 4.69) is 22.2 Å². The molecule has 5 nitrogen and oxygen atoms in total. The van der Waals surface area contributed by atoms with E-state index in [1.54, 1.807) is 12.1 Å². The summed E-state index contributed by atoms with van der Waals surface area (Å²) in [6, 6.07) is 6.00. The first-order chi connectivity index (χ1) is 13.1. The molecule has 1 aliphatic heterocycles. The Morgan fingerprint density at radius 3 is 2.74 bits per heavy atom. The quantitative estimate of drug-likeness (QED) is 0.615. The van der Waals surface area contributed by atoms with E-state index in [9.17, 15) is 14.0 Å². The Kier molecular flexibility index (Phi) is 4.86. The molecule has 2 aliphatic rings. The minimum absolute atomic E-state index is 0.0348. The summed E-state index contributed by atoms with van der Waals surface area (Å²) in [6.45, 7) is 2.07. The number of aromatic amines is 1. The molecule has 1 atom stereocenters. The maximum absolute atomic E-state index is 13.4. The van der Waals surface area contributed by atoms with Crippen molar-refractivity contribution in [2.24, 2.45) is 0 Å². The van der Waals surface area contributed by atoms with Crippen LogP contribution in [0, 0.1) is 5.82 Å². The van der Waals surface area contributed by atoms with Crippen LogP contribution >= 0.6 is 11.8 Å². The third kappa shape index (κ3) is 3.32. The summed E-state index contributed by atoms with van der Waals surface area (Å²) >= 11 is 1.50. The topological polar surface area (TPSA) is 74.8 Å². The van der Waals surface area contributed by atoms with Crippen LogP contribution in [-0.2, 0) is 4.79 Å². The lowest BCUT2D eigenvalue weighted by Crippen LogP contribution is -2.32. The van der Waals surface area contributed by atoms with E-state index in [1.807, 2.05) is 0 Å². The number of benzene rings is 1. The molecule has 0 radical (unpaired) electrons. The molecule has 4 rings (SSSR count). The maximum atomic E-state index is 13.4. The van der Waals surface area contributed by atoms with Crippen molar-refractivity contribution in [3.8, 4) is 0 Å². The molecule has 1 aromatic carbocycles. The van der Waals surface area contributed by atoms with Crippen LogP contribution in [0.4, 0.5) is 10.2 Å². The molecule has 2 aromatic rings. The van der Waals surface area contributed by atoms with E-state index in [0.29, 0.717) is 28.5 Å². The van der Waals surface area contributed by atoms with Gasteiger partial charge in [-0.15, -0.1) is 0 Å². The van der Waals surface area contributed by atoms with E-state index in [4.69, 9.17) is 0 Å². The Hall–Kier alpha value is -2.41. The van der Waals surface area contributed by atoms with Gasteiger partial charge in [-0.3, -0.25) is 9.59 Å². The number of anilines is 1. The minimum Gasteiger partial charge on any atom is -0.343 e. The summed E-state index contributed by atoms with van der Waals surface area (Å²) in [6.07, 6.45) is 2.95. The predicted molar refractivity (Wildman–Crippen MR) is 104 cm³/mol. The van der Waals surface area contributed by atoms with Crippen molar-refractivity contribution in [3.05, 3.63) is 62.8 Å². The highest BCUT2D eigenvalue weighted by Gasteiger charge is 2.37. The second kappa shape index (κ2) is 7.31. The number of carbonyl (C=O) groups is 1. The normalized spacial score (nSPS) is 18.7. The lowest BCUT2D eigenvalue weighted by Gasteiger charge is -2.32. The molecule has 27 heavy (non-hydrogen) atoms. The van der Waals surface area contributed by atoms with Gasteiger partial charge in [0.05, 0.1) is 5.56 Å². The molecule has 1 aromatic heterocycles. The molecule has 1 unspecified atom stereocenters. The van der Waals surface area contributed by atoms with Gasteiger partial charge in [0.25, 0.3) is 5.56 Å². The van der Waals surface area contributed by atoms with E-state index in [-0.39, 0.29) is 17.2 Å². The van der Waals surface area contributed by atoms with Crippen molar-refractivity contribution in [2.45, 2.75) is 43.7 Å². The molecule has 140 valence electrons. The number of halogens is 1. The first-order valence-electron chi connectivity index (χ1n) is 9.14. The molecular weight excluding hydrogens is 365 g/mol. The van der Waals surface area contributed by atoms with Crippen molar-refractivity contribution >= 4 is 23.4 Å². The van der Waals surface area contributed by atoms with E-state index in [1.165, 1.54) is 23.9 Å². The first kappa shape index (κ1) is 18.0. The average molecular weight is 385 g/mol. The number of H-pyrrole nitrogens is 1. The fourth-order valence-corrected chi connectivity index (χ4v) is 4.41. The fraction of sp³-hybridized carbons (Fsp3) is 0.350. The van der Waals surface area contributed by atoms with Crippen LogP contribution in [0.3, 0.4) is 0 Å². The molecule has 0 saturated carbocycles. The Morgan fingerprint density at radius 1 is 1.22 bits per heavy atom. The summed E-state index contributed by atoms with van der Waals surface area (Å²) in [5.74, 6) is 0.518. The summed E-state index contributed by atoms with van der Waals surface area (Å²) in [7, 11) is 0. The van der Waals surface area contributed by atoms with E-state index >= 15 is 0 Å². The van der Waals surface area contributed by atoms with Gasteiger partial charge in [0.2, 0.25) is 0 Å². The molecule has 7 heteroatoms. The number of Topliss-reactive ketones (excluding diaryl/α,β-unsaturated/α-hetero) is 1. The first-order valence-corrected chi connectivity index (χ1v) is 10.1. The summed E-state index contributed by atoms with van der Waals surface area (Å²) in [4.78, 5) is 33.1. The molecule has 0 amide bonds. The lowest BCUT2D eigenvalue weighted by atomic mass is 9.76. The van der Waals surface area contributed by atoms with Gasteiger partial charge in [0.15, 0.2) is 10.9 Å². The van der Waals surface area contributed by atoms with Crippen LogP contribution in [0.5, 0.6) is 0 Å². The largest absolute Gasteiger partial charge is 0.343 e. The number of aromatic nitrogens is 2. The van der Waals surface area contributed by atoms with Crippen molar-refractivity contribution < 1.29 is 9.18 Å². The van der Waals surface area contributed by atoms with Crippen LogP contribution in [0.25, 0.3) is 0 Å². The fourth-order valence-electron chi connectivity index (χ4n) is 3.70. The van der Waals surface area contributed by atoms with Crippen molar-refractivity contribution in [2.75, 3.05) is 11.1 Å². The average Bonchev–Trinajstić information content (AvgIpc) is 2.65. The third-order valence-corrected chi connectivity index (χ3v) is 5.96. The van der Waals surface area contributed by atoms with Gasteiger partial charge in [-0.1, -0.05) is 30.8 Å². The summed E-state index contributed by atoms with van der Waals surface area (Å²) in [5.41, 5.74) is 2.34. The number of thioether (sulfide) groups is 1. The van der Waals surface area contributed by atoms with Gasteiger partial charge in [-0.25, -0.2) is 9.37 Å². The number of ketones is 1. The van der Waals surface area contributed by atoms with Crippen LogP contribution in [0.1, 0.15) is 49.7 Å². The molecule has 1 aliphatic carbocycles. The standard InChI is InChI=1S/C20H20FN3O2S/c1-2-10-27-20-23-18-17(19(26)24-20)15(11-6-8-12(21)9-7-11)16-13(22-18)4-3-5-14(16)25/h6-9,15H,2-5,10H2,1H3,(H2,22,23,24,26). The number of fused-ring (bicyclic) bond motifs is 1. The molecular formula is C20H20FN3O2S. The molecule has 2 N–H and O–H groups in total. The number of hydrogen-bond donors (Lipinski definition) is 2. The maximum Gasteiger partial charge on any atom is 0.257 e. The summed E-state index contributed by atoms with van der Waals surface area (Å²) in [5, 5.41) is 3.81. The van der Waals surface area contributed by atoms with Crippen LogP contribution in [-0.4, -0.2) is 21.5 Å². The minimum atomic E-state index is -0.522. The van der Waals surface area contributed by atoms with Crippen molar-refractivity contribution in [3.63, 3.8) is 0 Å². The van der Waals surface area contributed by atoms with Crippen LogP contribution in [0.15, 0.2) is 45.5 Å². The van der Waals surface area contributed by atoms with Gasteiger partial charge >= 0.3 is 0 Å². The van der Waals surface area contributed by atoms with Crippen LogP contribution < -0.4 is 10.9 Å². The van der Waals surface area contributed by atoms with E-state index in [0.717, 1.165) is 36.3 Å². The highest BCUT2D eigenvalue weighted by molar-refractivity contribution is 7.99. The lowest BCUT2D eigenvalue weighted by molar-refractivity contribution is -0.116. The Balaban J connectivity index is 1.89. The predicted octanol–water partition coefficient (Wildman–Crippen LogP) is 3.98. The molecule has 0 fully saturated rings. The molecule has 2 heterocycles. The van der Waals surface area contributed by atoms with Gasteiger partial charge in [0, 0.05) is 29.4 Å². The zero-order chi connectivity index (χ0) is 19.0. The highest BCUT2D eigenvalue weighted by atomic mass is 32.2. The number of carbonyl (C=O) groups excluding carboxylic acids is 1. The van der Waals surface area contributed by atoms with Gasteiger partial charge in [0.1, 0.15) is 11.6 Å². The number of nitrogens with zero attached hydrogens (tertiary/aromatic N) is 1. The molecule has 0 spiro atoms. The number of allylic oxidation sites excluding steroid dienone is 2. The van der Waals surface area contributed by atoms with Gasteiger partial charge in [-0.2, -0.15) is 0 Å². The van der Waals surface area contributed by atoms with Crippen molar-refractivity contribution in [1.29, 1.82) is 0 Å². The SMILES string of the molecule is CCCSc1nc2c(c(=O)[nH]1)C(c1ccc(F)cc1)C1=C(CCCC1=O)N2. The van der Waals surface area contributed by atoms with E-state index < -0.39 is 5.92 Å².